The van der Waals surface area contributed by atoms with Gasteiger partial charge in [-0.1, -0.05) is 34.8 Å². The van der Waals surface area contributed by atoms with Gasteiger partial charge in [-0.2, -0.15) is 0 Å². The lowest BCUT2D eigenvalue weighted by molar-refractivity contribution is 0.102. The van der Waals surface area contributed by atoms with E-state index >= 15 is 0 Å². The number of hydrogen-bond donors (Lipinski definition) is 2. The molecule has 1 amide bonds. The Morgan fingerprint density at radius 2 is 1.80 bits per heavy atom. The second-order valence-corrected chi connectivity index (χ2v) is 5.14. The van der Waals surface area contributed by atoms with E-state index in [-0.39, 0.29) is 32.1 Å². The second kappa shape index (κ2) is 5.87. The molecule has 7 heteroatoms. The molecule has 0 fully saturated rings. The highest BCUT2D eigenvalue weighted by atomic mass is 35.5. The standard InChI is InChI=1S/C13H7Cl3FNO2/c14-6-1-2-8(10(17)4-6)13(20)18-11-5-7(15)3-9(16)12(11)19/h1-5,19H,(H,18,20). The van der Waals surface area contributed by atoms with E-state index in [0.717, 1.165) is 6.07 Å². The Morgan fingerprint density at radius 1 is 1.10 bits per heavy atom. The molecule has 2 aromatic carbocycles. The first-order chi connectivity index (χ1) is 9.38. The van der Waals surface area contributed by atoms with Crippen molar-refractivity contribution in [2.45, 2.75) is 0 Å². The first-order valence-corrected chi connectivity index (χ1v) is 6.46. The zero-order chi connectivity index (χ0) is 14.9. The first-order valence-electron chi connectivity index (χ1n) is 5.33. The molecular formula is C13H7Cl3FNO2. The number of carbonyl (C=O) groups is 1. The zero-order valence-electron chi connectivity index (χ0n) is 9.75. The fraction of sp³-hybridized carbons (Fsp3) is 0. The van der Waals surface area contributed by atoms with Crippen LogP contribution >= 0.6 is 34.8 Å². The molecule has 20 heavy (non-hydrogen) atoms. The highest BCUT2D eigenvalue weighted by Crippen LogP contribution is 2.35. The van der Waals surface area contributed by atoms with Gasteiger partial charge in [0.1, 0.15) is 5.82 Å². The van der Waals surface area contributed by atoms with Crippen LogP contribution < -0.4 is 5.32 Å². The molecule has 3 nitrogen and oxygen atoms in total. The predicted octanol–water partition coefficient (Wildman–Crippen LogP) is 4.74. The van der Waals surface area contributed by atoms with E-state index in [0.29, 0.717) is 0 Å². The fourth-order valence-electron chi connectivity index (χ4n) is 1.52. The van der Waals surface area contributed by atoms with Crippen molar-refractivity contribution in [3.05, 3.63) is 56.8 Å². The molecule has 2 aromatic rings. The Labute approximate surface area is 128 Å². The smallest absolute Gasteiger partial charge is 0.258 e. The zero-order valence-corrected chi connectivity index (χ0v) is 12.0. The molecule has 2 rings (SSSR count). The summed E-state index contributed by atoms with van der Waals surface area (Å²) in [4.78, 5) is 11.9. The van der Waals surface area contributed by atoms with E-state index in [9.17, 15) is 14.3 Å². The van der Waals surface area contributed by atoms with E-state index in [1.807, 2.05) is 0 Å². The molecule has 0 saturated carbocycles. The maximum absolute atomic E-state index is 13.6. The van der Waals surface area contributed by atoms with Gasteiger partial charge in [-0.15, -0.1) is 0 Å². The monoisotopic (exact) mass is 333 g/mol. The third-order valence-corrected chi connectivity index (χ3v) is 3.19. The third-order valence-electron chi connectivity index (χ3n) is 2.45. The van der Waals surface area contributed by atoms with Crippen LogP contribution in [-0.2, 0) is 0 Å². The summed E-state index contributed by atoms with van der Waals surface area (Å²) in [7, 11) is 0. The number of phenols is 1. The molecule has 0 heterocycles. The van der Waals surface area contributed by atoms with Gasteiger partial charge in [0.2, 0.25) is 0 Å². The average molecular weight is 335 g/mol. The summed E-state index contributed by atoms with van der Waals surface area (Å²) in [6.45, 7) is 0. The Bertz CT molecular complexity index is 692. The minimum absolute atomic E-state index is 0.0122. The van der Waals surface area contributed by atoms with Crippen LogP contribution in [0.5, 0.6) is 5.75 Å². The number of hydrogen-bond acceptors (Lipinski definition) is 2. The lowest BCUT2D eigenvalue weighted by Gasteiger charge is -2.09. The average Bonchev–Trinajstić information content (AvgIpc) is 2.35. The molecule has 0 unspecified atom stereocenters. The summed E-state index contributed by atoms with van der Waals surface area (Å²) in [5, 5.41) is 12.4. The molecule has 0 aliphatic heterocycles. The molecular weight excluding hydrogens is 328 g/mol. The maximum atomic E-state index is 13.6. The Kier molecular flexibility index (Phi) is 4.38. The van der Waals surface area contributed by atoms with E-state index in [1.165, 1.54) is 24.3 Å². The van der Waals surface area contributed by atoms with E-state index in [2.05, 4.69) is 5.32 Å². The number of aromatic hydroxyl groups is 1. The number of amides is 1. The van der Waals surface area contributed by atoms with Crippen molar-refractivity contribution in [2.75, 3.05) is 5.32 Å². The molecule has 0 radical (unpaired) electrons. The normalized spacial score (nSPS) is 10.4. The van der Waals surface area contributed by atoms with Gasteiger partial charge >= 0.3 is 0 Å². The van der Waals surface area contributed by atoms with Crippen LogP contribution in [0, 0.1) is 5.82 Å². The number of nitrogens with one attached hydrogen (secondary N) is 1. The molecule has 0 saturated heterocycles. The summed E-state index contributed by atoms with van der Waals surface area (Å²) in [6.07, 6.45) is 0. The Morgan fingerprint density at radius 3 is 2.45 bits per heavy atom. The summed E-state index contributed by atoms with van der Waals surface area (Å²) < 4.78 is 13.6. The van der Waals surface area contributed by atoms with Crippen LogP contribution in [-0.4, -0.2) is 11.0 Å². The van der Waals surface area contributed by atoms with Gasteiger partial charge in [0.15, 0.2) is 5.75 Å². The van der Waals surface area contributed by atoms with Gasteiger partial charge in [-0.3, -0.25) is 4.79 Å². The van der Waals surface area contributed by atoms with Gasteiger partial charge < -0.3 is 10.4 Å². The molecule has 0 aliphatic rings. The van der Waals surface area contributed by atoms with Crippen molar-refractivity contribution in [2.24, 2.45) is 0 Å². The molecule has 0 spiro atoms. The topological polar surface area (TPSA) is 49.3 Å². The van der Waals surface area contributed by atoms with Crippen LogP contribution in [0.1, 0.15) is 10.4 Å². The lowest BCUT2D eigenvalue weighted by Crippen LogP contribution is -2.13. The minimum atomic E-state index is -0.775. The van der Waals surface area contributed by atoms with Crippen molar-refractivity contribution in [1.29, 1.82) is 0 Å². The van der Waals surface area contributed by atoms with Gasteiger partial charge in [-0.25, -0.2) is 4.39 Å². The van der Waals surface area contributed by atoms with Crippen molar-refractivity contribution in [3.63, 3.8) is 0 Å². The highest BCUT2D eigenvalue weighted by Gasteiger charge is 2.15. The number of phenolic OH excluding ortho intramolecular Hbond substituents is 1. The quantitative estimate of drug-likeness (QED) is 0.779. The second-order valence-electron chi connectivity index (χ2n) is 3.86. The van der Waals surface area contributed by atoms with Crippen molar-refractivity contribution < 1.29 is 14.3 Å². The van der Waals surface area contributed by atoms with Gasteiger partial charge in [0.25, 0.3) is 5.91 Å². The molecule has 104 valence electrons. The molecule has 0 atom stereocenters. The summed E-state index contributed by atoms with van der Waals surface area (Å²) >= 11 is 17.1. The summed E-state index contributed by atoms with van der Waals surface area (Å²) in [5.41, 5.74) is -0.230. The molecule has 0 aromatic heterocycles. The number of rotatable bonds is 2. The first kappa shape index (κ1) is 14.9. The summed E-state index contributed by atoms with van der Waals surface area (Å²) in [6, 6.07) is 6.24. The van der Waals surface area contributed by atoms with Gasteiger partial charge in [0, 0.05) is 10.0 Å². The van der Waals surface area contributed by atoms with Crippen molar-refractivity contribution in [3.8, 4) is 5.75 Å². The van der Waals surface area contributed by atoms with Crippen LogP contribution in [0.3, 0.4) is 0 Å². The van der Waals surface area contributed by atoms with E-state index < -0.39 is 11.7 Å². The number of halogens is 4. The number of carbonyl (C=O) groups excluding carboxylic acids is 1. The van der Waals surface area contributed by atoms with Crippen LogP contribution in [0.4, 0.5) is 10.1 Å². The number of benzene rings is 2. The van der Waals surface area contributed by atoms with E-state index in [1.54, 1.807) is 0 Å². The summed E-state index contributed by atoms with van der Waals surface area (Å²) in [5.74, 6) is -1.88. The molecule has 0 bridgehead atoms. The van der Waals surface area contributed by atoms with Crippen LogP contribution in [0.2, 0.25) is 15.1 Å². The SMILES string of the molecule is O=C(Nc1cc(Cl)cc(Cl)c1O)c1ccc(Cl)cc1F. The van der Waals surface area contributed by atoms with Crippen molar-refractivity contribution in [1.82, 2.24) is 0 Å². The lowest BCUT2D eigenvalue weighted by atomic mass is 10.2. The van der Waals surface area contributed by atoms with Crippen LogP contribution in [0.25, 0.3) is 0 Å². The predicted molar refractivity (Wildman–Crippen MR) is 77.5 cm³/mol. The van der Waals surface area contributed by atoms with Gasteiger partial charge in [-0.05, 0) is 30.3 Å². The Hall–Kier alpha value is -1.49. The van der Waals surface area contributed by atoms with Crippen molar-refractivity contribution >= 4 is 46.4 Å². The minimum Gasteiger partial charge on any atom is -0.504 e. The largest absolute Gasteiger partial charge is 0.504 e. The molecule has 0 aliphatic carbocycles. The highest BCUT2D eigenvalue weighted by molar-refractivity contribution is 6.36. The van der Waals surface area contributed by atoms with E-state index in [4.69, 9.17) is 34.8 Å². The van der Waals surface area contributed by atoms with Gasteiger partial charge in [0.05, 0.1) is 16.3 Å². The van der Waals surface area contributed by atoms with Crippen LogP contribution in [0.15, 0.2) is 30.3 Å². The Balaban J connectivity index is 2.32. The third kappa shape index (κ3) is 3.15. The number of anilines is 1. The fourth-order valence-corrected chi connectivity index (χ4v) is 2.18. The maximum Gasteiger partial charge on any atom is 0.258 e. The molecule has 2 N–H and O–H groups in total.